The summed E-state index contributed by atoms with van der Waals surface area (Å²) in [4.78, 5) is 13.6. The van der Waals surface area contributed by atoms with E-state index in [1.54, 1.807) is 0 Å². The fraction of sp³-hybridized carbons (Fsp3) is 0.462. The highest BCUT2D eigenvalue weighted by Crippen LogP contribution is 2.44. The van der Waals surface area contributed by atoms with Gasteiger partial charge in [-0.3, -0.25) is 4.79 Å². The lowest BCUT2D eigenvalue weighted by Gasteiger charge is -2.31. The molecule has 0 bridgehead atoms. The quantitative estimate of drug-likeness (QED) is 0.630. The first kappa shape index (κ1) is 8.96. The van der Waals surface area contributed by atoms with Crippen molar-refractivity contribution in [2.45, 2.75) is 25.3 Å². The van der Waals surface area contributed by atoms with Gasteiger partial charge in [-0.15, -0.1) is 0 Å². The second-order valence-electron chi connectivity index (χ2n) is 4.65. The third kappa shape index (κ3) is 1.21. The minimum absolute atomic E-state index is 0.307. The van der Waals surface area contributed by atoms with Crippen molar-refractivity contribution >= 4 is 5.91 Å². The summed E-state index contributed by atoms with van der Waals surface area (Å²) in [6.07, 6.45) is 3.05. The number of amides is 1. The van der Waals surface area contributed by atoms with Crippen LogP contribution in [-0.4, -0.2) is 17.9 Å². The third-order valence-corrected chi connectivity index (χ3v) is 3.85. The van der Waals surface area contributed by atoms with E-state index in [2.05, 4.69) is 24.3 Å². The molecule has 2 atom stereocenters. The van der Waals surface area contributed by atoms with Crippen LogP contribution in [0.1, 0.15) is 30.0 Å². The van der Waals surface area contributed by atoms with Crippen molar-refractivity contribution in [2.24, 2.45) is 5.92 Å². The normalized spacial score (nSPS) is 28.9. The van der Waals surface area contributed by atoms with Gasteiger partial charge in [0.2, 0.25) is 5.91 Å². The van der Waals surface area contributed by atoms with Crippen LogP contribution in [-0.2, 0) is 11.2 Å². The summed E-state index contributed by atoms with van der Waals surface area (Å²) in [6, 6.07) is 8.90. The Balaban J connectivity index is 2.08. The average Bonchev–Trinajstić information content (AvgIpc) is 2.55. The zero-order valence-corrected chi connectivity index (χ0v) is 8.94. The molecular formula is C13H15NO. The van der Waals surface area contributed by atoms with E-state index in [1.165, 1.54) is 11.1 Å². The van der Waals surface area contributed by atoms with Gasteiger partial charge in [-0.1, -0.05) is 24.3 Å². The lowest BCUT2D eigenvalue weighted by Crippen LogP contribution is -2.27. The molecule has 2 heteroatoms. The summed E-state index contributed by atoms with van der Waals surface area (Å²) < 4.78 is 0. The first-order valence-electron chi connectivity index (χ1n) is 5.61. The fourth-order valence-electron chi connectivity index (χ4n) is 3.07. The molecule has 0 N–H and O–H groups in total. The van der Waals surface area contributed by atoms with Crippen LogP contribution in [0.3, 0.4) is 0 Å². The lowest BCUT2D eigenvalue weighted by molar-refractivity contribution is -0.127. The van der Waals surface area contributed by atoms with Gasteiger partial charge in [-0.25, -0.2) is 0 Å². The van der Waals surface area contributed by atoms with Crippen molar-refractivity contribution in [3.63, 3.8) is 0 Å². The topological polar surface area (TPSA) is 20.3 Å². The van der Waals surface area contributed by atoms with Crippen LogP contribution < -0.4 is 0 Å². The van der Waals surface area contributed by atoms with Gasteiger partial charge in [0.25, 0.3) is 0 Å². The average molecular weight is 201 g/mol. The van der Waals surface area contributed by atoms with Crippen LogP contribution >= 0.6 is 0 Å². The predicted octanol–water partition coefficient (Wildman–Crippen LogP) is 2.15. The Morgan fingerprint density at radius 3 is 3.00 bits per heavy atom. The van der Waals surface area contributed by atoms with Crippen molar-refractivity contribution in [3.05, 3.63) is 35.4 Å². The van der Waals surface area contributed by atoms with Crippen LogP contribution in [0.15, 0.2) is 24.3 Å². The molecule has 0 aromatic heterocycles. The highest BCUT2D eigenvalue weighted by atomic mass is 16.2. The molecule has 1 aliphatic carbocycles. The first-order valence-corrected chi connectivity index (χ1v) is 5.61. The van der Waals surface area contributed by atoms with Crippen LogP contribution in [0, 0.1) is 5.92 Å². The summed E-state index contributed by atoms with van der Waals surface area (Å²) in [5.41, 5.74) is 2.81. The zero-order valence-electron chi connectivity index (χ0n) is 8.94. The molecule has 1 fully saturated rings. The van der Waals surface area contributed by atoms with Crippen LogP contribution in [0.25, 0.3) is 0 Å². The smallest absolute Gasteiger partial charge is 0.223 e. The maximum Gasteiger partial charge on any atom is 0.223 e. The molecule has 1 aromatic rings. The number of benzene rings is 1. The zero-order chi connectivity index (χ0) is 10.4. The Labute approximate surface area is 89.9 Å². The Morgan fingerprint density at radius 1 is 1.33 bits per heavy atom. The molecule has 2 aliphatic rings. The molecule has 78 valence electrons. The number of aryl methyl sites for hydroxylation is 1. The van der Waals surface area contributed by atoms with Crippen molar-refractivity contribution in [1.82, 2.24) is 4.90 Å². The number of nitrogens with zero attached hydrogens (tertiary/aromatic N) is 1. The van der Waals surface area contributed by atoms with Crippen molar-refractivity contribution in [3.8, 4) is 0 Å². The van der Waals surface area contributed by atoms with E-state index in [0.717, 1.165) is 19.3 Å². The second-order valence-corrected chi connectivity index (χ2v) is 4.65. The lowest BCUT2D eigenvalue weighted by atomic mass is 9.80. The van der Waals surface area contributed by atoms with Gasteiger partial charge in [-0.05, 0) is 29.9 Å². The van der Waals surface area contributed by atoms with E-state index in [-0.39, 0.29) is 0 Å². The molecule has 1 saturated heterocycles. The summed E-state index contributed by atoms with van der Waals surface area (Å²) >= 11 is 0. The van der Waals surface area contributed by atoms with Crippen LogP contribution in [0.2, 0.25) is 0 Å². The van der Waals surface area contributed by atoms with Gasteiger partial charge >= 0.3 is 0 Å². The van der Waals surface area contributed by atoms with Crippen molar-refractivity contribution < 1.29 is 4.79 Å². The molecular weight excluding hydrogens is 186 g/mol. The standard InChI is InChI=1S/C13H15NO/c1-14-12(15)8-10-7-6-9-4-2-3-5-11(9)13(10)14/h2-5,10,13H,6-8H2,1H3. The van der Waals surface area contributed by atoms with E-state index >= 15 is 0 Å². The molecule has 1 aromatic carbocycles. The Hall–Kier alpha value is -1.31. The minimum Gasteiger partial charge on any atom is -0.338 e. The molecule has 1 amide bonds. The van der Waals surface area contributed by atoms with Gasteiger partial charge in [0, 0.05) is 13.5 Å². The number of hydrogen-bond acceptors (Lipinski definition) is 1. The minimum atomic E-state index is 0.307. The monoisotopic (exact) mass is 201 g/mol. The van der Waals surface area contributed by atoms with E-state index < -0.39 is 0 Å². The predicted molar refractivity (Wildman–Crippen MR) is 58.4 cm³/mol. The number of rotatable bonds is 0. The molecule has 2 nitrogen and oxygen atoms in total. The SMILES string of the molecule is CN1C(=O)CC2CCc3ccccc3C21. The number of fused-ring (bicyclic) bond motifs is 3. The Bertz CT molecular complexity index is 413. The second kappa shape index (κ2) is 3.09. The first-order chi connectivity index (χ1) is 7.27. The molecule has 2 unspecified atom stereocenters. The fourth-order valence-corrected chi connectivity index (χ4v) is 3.07. The van der Waals surface area contributed by atoms with Gasteiger partial charge in [0.15, 0.2) is 0 Å². The van der Waals surface area contributed by atoms with E-state index in [4.69, 9.17) is 0 Å². The van der Waals surface area contributed by atoms with E-state index in [9.17, 15) is 4.79 Å². The highest BCUT2D eigenvalue weighted by Gasteiger charge is 2.41. The molecule has 1 heterocycles. The molecule has 1 aliphatic heterocycles. The van der Waals surface area contributed by atoms with Crippen LogP contribution in [0.4, 0.5) is 0 Å². The van der Waals surface area contributed by atoms with Crippen LogP contribution in [0.5, 0.6) is 0 Å². The highest BCUT2D eigenvalue weighted by molar-refractivity contribution is 5.79. The summed E-state index contributed by atoms with van der Waals surface area (Å²) in [7, 11) is 1.94. The van der Waals surface area contributed by atoms with Crippen molar-refractivity contribution in [1.29, 1.82) is 0 Å². The van der Waals surface area contributed by atoms with Crippen molar-refractivity contribution in [2.75, 3.05) is 7.05 Å². The summed E-state index contributed by atoms with van der Waals surface area (Å²) in [5, 5.41) is 0. The molecule has 0 saturated carbocycles. The number of carbonyl (C=O) groups excluding carboxylic acids is 1. The Morgan fingerprint density at radius 2 is 2.13 bits per heavy atom. The molecule has 0 radical (unpaired) electrons. The summed E-state index contributed by atoms with van der Waals surface area (Å²) in [6.45, 7) is 0. The molecule has 0 spiro atoms. The number of carbonyl (C=O) groups is 1. The van der Waals surface area contributed by atoms with Gasteiger partial charge in [0.1, 0.15) is 0 Å². The van der Waals surface area contributed by atoms with E-state index in [0.29, 0.717) is 17.9 Å². The van der Waals surface area contributed by atoms with Gasteiger partial charge in [0.05, 0.1) is 6.04 Å². The van der Waals surface area contributed by atoms with Gasteiger partial charge < -0.3 is 4.90 Å². The largest absolute Gasteiger partial charge is 0.338 e. The van der Waals surface area contributed by atoms with Gasteiger partial charge in [-0.2, -0.15) is 0 Å². The number of hydrogen-bond donors (Lipinski definition) is 0. The maximum absolute atomic E-state index is 11.7. The summed E-state index contributed by atoms with van der Waals surface area (Å²) in [5.74, 6) is 0.860. The maximum atomic E-state index is 11.7. The Kier molecular flexibility index (Phi) is 1.84. The van der Waals surface area contributed by atoms with E-state index in [1.807, 2.05) is 11.9 Å². The molecule has 3 rings (SSSR count). The third-order valence-electron chi connectivity index (χ3n) is 3.85. The molecule has 15 heavy (non-hydrogen) atoms. The number of likely N-dealkylation sites (tertiary alicyclic amines) is 1.